The fraction of sp³-hybridized carbons (Fsp3) is 0.300. The van der Waals surface area contributed by atoms with E-state index in [4.69, 9.17) is 11.5 Å². The summed E-state index contributed by atoms with van der Waals surface area (Å²) in [6.45, 7) is 3.36. The number of rotatable bonds is 6. The van der Waals surface area contributed by atoms with Gasteiger partial charge in [-0.15, -0.1) is 0 Å². The van der Waals surface area contributed by atoms with E-state index in [0.717, 1.165) is 18.2 Å². The highest BCUT2D eigenvalue weighted by molar-refractivity contribution is 6.09. The molecule has 0 saturated heterocycles. The second-order valence-corrected chi connectivity index (χ2v) is 6.87. The number of alkyl halides is 3. The summed E-state index contributed by atoms with van der Waals surface area (Å²) in [4.78, 5) is 16.5. The molecule has 2 rings (SSSR count). The predicted octanol–water partition coefficient (Wildman–Crippen LogP) is 4.28. The molecule has 0 aliphatic heterocycles. The zero-order chi connectivity index (χ0) is 22.6. The van der Waals surface area contributed by atoms with Crippen molar-refractivity contribution in [3.63, 3.8) is 0 Å². The first-order valence-corrected chi connectivity index (χ1v) is 8.94. The van der Waals surface area contributed by atoms with Crippen molar-refractivity contribution < 1.29 is 26.7 Å². The lowest BCUT2D eigenvalue weighted by atomic mass is 9.99. The minimum atomic E-state index is -4.61. The molecule has 1 atom stereocenters. The maximum absolute atomic E-state index is 13.7. The van der Waals surface area contributed by atoms with E-state index in [1.807, 2.05) is 0 Å². The first kappa shape index (κ1) is 23.3. The van der Waals surface area contributed by atoms with Gasteiger partial charge in [0.05, 0.1) is 0 Å². The minimum absolute atomic E-state index is 0.0227. The van der Waals surface area contributed by atoms with Crippen LogP contribution in [0, 0.1) is 11.6 Å². The third-order valence-corrected chi connectivity index (χ3v) is 4.07. The van der Waals surface area contributed by atoms with Gasteiger partial charge in [0.15, 0.2) is 0 Å². The Morgan fingerprint density at radius 3 is 2.23 bits per heavy atom. The van der Waals surface area contributed by atoms with Crippen LogP contribution in [0.3, 0.4) is 0 Å². The van der Waals surface area contributed by atoms with Gasteiger partial charge in [-0.3, -0.25) is 9.79 Å². The number of carbonyl (C=O) groups excluding carboxylic acids is 1. The number of nitrogens with one attached hydrogen (secondary N) is 1. The summed E-state index contributed by atoms with van der Waals surface area (Å²) in [5.41, 5.74) is 10.7. The molecule has 0 radical (unpaired) electrons. The topological polar surface area (TPSA) is 93.5 Å². The van der Waals surface area contributed by atoms with Crippen molar-refractivity contribution in [2.45, 2.75) is 38.5 Å². The van der Waals surface area contributed by atoms with Gasteiger partial charge < -0.3 is 16.8 Å². The van der Waals surface area contributed by atoms with E-state index in [9.17, 15) is 26.7 Å². The van der Waals surface area contributed by atoms with Crippen LogP contribution >= 0.6 is 0 Å². The first-order chi connectivity index (χ1) is 13.9. The molecule has 0 aliphatic carbocycles. The lowest BCUT2D eigenvalue weighted by molar-refractivity contribution is -0.145. The third kappa shape index (κ3) is 5.76. The Hall–Kier alpha value is -3.01. The Bertz CT molecular complexity index is 936. The zero-order valence-corrected chi connectivity index (χ0v) is 16.2. The number of benzene rings is 2. The van der Waals surface area contributed by atoms with E-state index < -0.39 is 41.9 Å². The highest BCUT2D eigenvalue weighted by atomic mass is 19.4. The van der Waals surface area contributed by atoms with E-state index >= 15 is 0 Å². The van der Waals surface area contributed by atoms with Crippen molar-refractivity contribution in [3.05, 3.63) is 59.2 Å². The highest BCUT2D eigenvalue weighted by Gasteiger charge is 2.37. The molecule has 2 aromatic rings. The maximum atomic E-state index is 13.7. The lowest BCUT2D eigenvalue weighted by Crippen LogP contribution is -2.39. The minimum Gasteiger partial charge on any atom is -0.398 e. The number of amides is 1. The van der Waals surface area contributed by atoms with Gasteiger partial charge in [-0.25, -0.2) is 8.78 Å². The fourth-order valence-corrected chi connectivity index (χ4v) is 2.64. The van der Waals surface area contributed by atoms with Gasteiger partial charge in [0, 0.05) is 35.0 Å². The van der Waals surface area contributed by atoms with Crippen molar-refractivity contribution in [1.82, 2.24) is 0 Å². The molecule has 162 valence electrons. The van der Waals surface area contributed by atoms with Crippen molar-refractivity contribution in [2.75, 3.05) is 11.1 Å². The number of nitrogens with two attached hydrogens (primary N) is 2. The number of nitrogens with zero attached hydrogens (tertiary/aromatic N) is 1. The van der Waals surface area contributed by atoms with Gasteiger partial charge in [-0.05, 0) is 38.1 Å². The second kappa shape index (κ2) is 9.21. The third-order valence-electron chi connectivity index (χ3n) is 4.07. The number of hydrogen-bond acceptors (Lipinski definition) is 4. The molecular formula is C20H21F5N4O. The number of para-hydroxylation sites is 1. The maximum Gasteiger partial charge on any atom is 0.404 e. The standard InChI is InChI=1S/C20H21F5N4O/c1-10(2)28-16(9-17(27)20(23,24)25)12-7-6-11(8-15(12)26)19(30)29-18-13(21)4-3-5-14(18)22/h3-8,10,17H,9,26-27H2,1-2H3,(H,29,30). The van der Waals surface area contributed by atoms with Gasteiger partial charge >= 0.3 is 6.18 Å². The average molecular weight is 428 g/mol. The number of hydrogen-bond donors (Lipinski definition) is 3. The molecule has 0 aromatic heterocycles. The van der Waals surface area contributed by atoms with Crippen molar-refractivity contribution in [1.29, 1.82) is 0 Å². The van der Waals surface area contributed by atoms with Gasteiger partial charge in [-0.1, -0.05) is 12.1 Å². The monoisotopic (exact) mass is 428 g/mol. The van der Waals surface area contributed by atoms with Crippen molar-refractivity contribution in [2.24, 2.45) is 10.7 Å². The predicted molar refractivity (Wildman–Crippen MR) is 105 cm³/mol. The Kier molecular flexibility index (Phi) is 7.14. The summed E-state index contributed by atoms with van der Waals surface area (Å²) in [7, 11) is 0. The molecule has 2 aromatic carbocycles. The van der Waals surface area contributed by atoms with Crippen LogP contribution in [0.5, 0.6) is 0 Å². The normalized spacial score (nSPS) is 13.4. The van der Waals surface area contributed by atoms with Crippen LogP contribution in [0.15, 0.2) is 41.4 Å². The number of anilines is 2. The fourth-order valence-electron chi connectivity index (χ4n) is 2.64. The summed E-state index contributed by atoms with van der Waals surface area (Å²) in [6, 6.07) is 4.44. The SMILES string of the molecule is CC(C)N=C(CC(N)C(F)(F)F)c1ccc(C(=O)Nc2c(F)cccc2F)cc1N. The van der Waals surface area contributed by atoms with E-state index in [-0.39, 0.29) is 28.6 Å². The largest absolute Gasteiger partial charge is 0.404 e. The van der Waals surface area contributed by atoms with Crippen molar-refractivity contribution >= 4 is 23.0 Å². The Morgan fingerprint density at radius 1 is 1.13 bits per heavy atom. The van der Waals surface area contributed by atoms with Crippen LogP contribution in [0.25, 0.3) is 0 Å². The van der Waals surface area contributed by atoms with Crippen LogP contribution in [-0.4, -0.2) is 29.9 Å². The van der Waals surface area contributed by atoms with Crippen LogP contribution < -0.4 is 16.8 Å². The van der Waals surface area contributed by atoms with Crippen LogP contribution in [0.1, 0.15) is 36.2 Å². The first-order valence-electron chi connectivity index (χ1n) is 8.94. The summed E-state index contributed by atoms with van der Waals surface area (Å²) >= 11 is 0. The highest BCUT2D eigenvalue weighted by Crippen LogP contribution is 2.25. The average Bonchev–Trinajstić information content (AvgIpc) is 2.62. The lowest BCUT2D eigenvalue weighted by Gasteiger charge is -2.19. The van der Waals surface area contributed by atoms with E-state index in [1.165, 1.54) is 18.2 Å². The van der Waals surface area contributed by atoms with Gasteiger partial charge in [0.25, 0.3) is 5.91 Å². The molecule has 5 N–H and O–H groups in total. The number of nitrogen functional groups attached to an aromatic ring is 1. The molecule has 5 nitrogen and oxygen atoms in total. The molecule has 0 bridgehead atoms. The van der Waals surface area contributed by atoms with E-state index in [1.54, 1.807) is 13.8 Å². The molecule has 0 fully saturated rings. The van der Waals surface area contributed by atoms with Crippen LogP contribution in [0.2, 0.25) is 0 Å². The molecular weight excluding hydrogens is 407 g/mol. The number of halogens is 5. The number of carbonyl (C=O) groups is 1. The summed E-state index contributed by atoms with van der Waals surface area (Å²) in [5.74, 6) is -2.76. The Balaban J connectivity index is 2.32. The van der Waals surface area contributed by atoms with Gasteiger partial charge in [-0.2, -0.15) is 13.2 Å². The molecule has 30 heavy (non-hydrogen) atoms. The molecule has 10 heteroatoms. The van der Waals surface area contributed by atoms with E-state index in [0.29, 0.717) is 0 Å². The molecule has 0 heterocycles. The quantitative estimate of drug-likeness (QED) is 0.364. The second-order valence-electron chi connectivity index (χ2n) is 6.87. The summed E-state index contributed by atoms with van der Waals surface area (Å²) < 4.78 is 66.1. The molecule has 1 unspecified atom stereocenters. The van der Waals surface area contributed by atoms with Crippen molar-refractivity contribution in [3.8, 4) is 0 Å². The molecule has 1 amide bonds. The van der Waals surface area contributed by atoms with Gasteiger partial charge in [0.1, 0.15) is 23.4 Å². The van der Waals surface area contributed by atoms with Gasteiger partial charge in [0.2, 0.25) is 0 Å². The summed E-state index contributed by atoms with van der Waals surface area (Å²) in [6.07, 6.45) is -5.21. The Labute approximate surface area is 170 Å². The van der Waals surface area contributed by atoms with Crippen LogP contribution in [-0.2, 0) is 0 Å². The zero-order valence-electron chi connectivity index (χ0n) is 16.2. The molecule has 0 aliphatic rings. The van der Waals surface area contributed by atoms with E-state index in [2.05, 4.69) is 10.3 Å². The molecule has 0 spiro atoms. The number of aliphatic imine (C=N–C) groups is 1. The molecule has 0 saturated carbocycles. The Morgan fingerprint density at radius 2 is 1.73 bits per heavy atom. The smallest absolute Gasteiger partial charge is 0.398 e. The van der Waals surface area contributed by atoms with Crippen LogP contribution in [0.4, 0.5) is 33.3 Å². The summed E-state index contributed by atoms with van der Waals surface area (Å²) in [5, 5.41) is 2.11.